The van der Waals surface area contributed by atoms with Crippen LogP contribution in [0.25, 0.3) is 0 Å². The Labute approximate surface area is 143 Å². The van der Waals surface area contributed by atoms with E-state index < -0.39 is 5.60 Å². The van der Waals surface area contributed by atoms with Crippen LogP contribution in [0.15, 0.2) is 0 Å². The summed E-state index contributed by atoms with van der Waals surface area (Å²) in [5.74, 6) is 0.415. The van der Waals surface area contributed by atoms with Crippen molar-refractivity contribution in [2.75, 3.05) is 7.05 Å². The Morgan fingerprint density at radius 1 is 1.38 bits per heavy atom. The normalized spacial score (nSPS) is 50.1. The predicted octanol–water partition coefficient (Wildman–Crippen LogP) is 1.62. The molecule has 2 heterocycles. The van der Waals surface area contributed by atoms with Crippen LogP contribution in [0.3, 0.4) is 0 Å². The van der Waals surface area contributed by atoms with Gasteiger partial charge in [0.1, 0.15) is 11.9 Å². The van der Waals surface area contributed by atoms with Crippen molar-refractivity contribution in [1.29, 1.82) is 0 Å². The maximum atomic E-state index is 12.6. The summed E-state index contributed by atoms with van der Waals surface area (Å²) in [4.78, 5) is 26.7. The minimum Gasteiger partial charge on any atom is -0.460 e. The molecule has 5 nitrogen and oxygen atoms in total. The molecule has 1 N–H and O–H groups in total. The molecular weight excluding hydrogens is 306 g/mol. The number of carbonyl (C=O) groups is 2. The molecule has 0 amide bonds. The summed E-state index contributed by atoms with van der Waals surface area (Å²) in [6.45, 7) is 7.57. The van der Waals surface area contributed by atoms with Gasteiger partial charge in [0.05, 0.1) is 17.6 Å². The van der Waals surface area contributed by atoms with Gasteiger partial charge in [0, 0.05) is 18.4 Å². The first kappa shape index (κ1) is 16.5. The largest absolute Gasteiger partial charge is 0.460 e. The second-order valence-electron chi connectivity index (χ2n) is 9.35. The number of aliphatic hydroxyl groups is 1. The fraction of sp³-hybridized carbons (Fsp3) is 0.895. The Morgan fingerprint density at radius 3 is 2.58 bits per heavy atom. The number of rotatable bonds is 3. The van der Waals surface area contributed by atoms with E-state index in [1.807, 2.05) is 0 Å². The molecule has 0 aromatic rings. The molecule has 0 aromatic carbocycles. The summed E-state index contributed by atoms with van der Waals surface area (Å²) in [7, 11) is 2.08. The highest BCUT2D eigenvalue weighted by Gasteiger charge is 2.75. The van der Waals surface area contributed by atoms with E-state index in [0.717, 1.165) is 12.8 Å². The number of hydrogen-bond acceptors (Lipinski definition) is 5. The van der Waals surface area contributed by atoms with Gasteiger partial charge in [-0.15, -0.1) is 0 Å². The van der Waals surface area contributed by atoms with Crippen LogP contribution in [0.5, 0.6) is 0 Å². The van der Waals surface area contributed by atoms with E-state index in [2.05, 4.69) is 18.9 Å². The van der Waals surface area contributed by atoms with E-state index in [4.69, 9.17) is 4.74 Å². The molecule has 4 rings (SSSR count). The highest BCUT2D eigenvalue weighted by Crippen LogP contribution is 2.68. The van der Waals surface area contributed by atoms with Gasteiger partial charge < -0.3 is 9.84 Å². The monoisotopic (exact) mass is 335 g/mol. The fourth-order valence-electron chi connectivity index (χ4n) is 7.12. The first-order valence-electron chi connectivity index (χ1n) is 9.22. The molecule has 2 saturated heterocycles. The number of nitrogens with zero attached hydrogens (tertiary/aromatic N) is 1. The summed E-state index contributed by atoms with van der Waals surface area (Å²) < 4.78 is 5.85. The van der Waals surface area contributed by atoms with E-state index in [9.17, 15) is 14.7 Å². The Morgan fingerprint density at radius 2 is 2.00 bits per heavy atom. The lowest BCUT2D eigenvalue weighted by atomic mass is 9.54. The van der Waals surface area contributed by atoms with Gasteiger partial charge in [0.25, 0.3) is 0 Å². The third-order valence-corrected chi connectivity index (χ3v) is 7.77. The molecule has 5 heteroatoms. The van der Waals surface area contributed by atoms with Crippen molar-refractivity contribution in [2.24, 2.45) is 29.1 Å². The van der Waals surface area contributed by atoms with Crippen LogP contribution in [0, 0.1) is 29.1 Å². The van der Waals surface area contributed by atoms with Crippen LogP contribution < -0.4 is 0 Å². The number of esters is 1. The van der Waals surface area contributed by atoms with Crippen molar-refractivity contribution in [3.05, 3.63) is 0 Å². The zero-order valence-electron chi connectivity index (χ0n) is 15.3. The predicted molar refractivity (Wildman–Crippen MR) is 88.1 cm³/mol. The quantitative estimate of drug-likeness (QED) is 0.794. The number of likely N-dealkylation sites (tertiary alicyclic amines) is 1. The molecule has 4 aliphatic rings. The number of ether oxygens (including phenoxy) is 1. The lowest BCUT2D eigenvalue weighted by Gasteiger charge is -2.51. The second-order valence-corrected chi connectivity index (χ2v) is 9.35. The van der Waals surface area contributed by atoms with E-state index >= 15 is 0 Å². The highest BCUT2D eigenvalue weighted by molar-refractivity contribution is 5.78. The SMILES string of the molecule is CC(=O)C[C@@H]1[C@H]2CC[C@H]3[C@H]4C(=O)O[C@H]([C@H]4C(C)(C)O)[C@@H](N1C)[C@@]23C. The van der Waals surface area contributed by atoms with Gasteiger partial charge in [-0.3, -0.25) is 14.5 Å². The average molecular weight is 335 g/mol. The Bertz CT molecular complexity index is 597. The van der Waals surface area contributed by atoms with Crippen molar-refractivity contribution >= 4 is 11.8 Å². The van der Waals surface area contributed by atoms with E-state index in [-0.39, 0.29) is 53.1 Å². The van der Waals surface area contributed by atoms with Crippen LogP contribution >= 0.6 is 0 Å². The van der Waals surface area contributed by atoms with Crippen molar-refractivity contribution in [3.63, 3.8) is 0 Å². The summed E-state index contributed by atoms with van der Waals surface area (Å²) in [5.41, 5.74) is -0.946. The Balaban J connectivity index is 1.81. The molecular formula is C19H29NO4. The molecule has 2 saturated carbocycles. The first-order chi connectivity index (χ1) is 11.1. The van der Waals surface area contributed by atoms with Crippen molar-refractivity contribution < 1.29 is 19.4 Å². The van der Waals surface area contributed by atoms with E-state index in [0.29, 0.717) is 12.3 Å². The Hall–Kier alpha value is -0.940. The zero-order chi connectivity index (χ0) is 17.6. The summed E-state index contributed by atoms with van der Waals surface area (Å²) in [6.07, 6.45) is 2.36. The van der Waals surface area contributed by atoms with Crippen LogP contribution in [0.4, 0.5) is 0 Å². The smallest absolute Gasteiger partial charge is 0.310 e. The minimum absolute atomic E-state index is 0.00188. The van der Waals surface area contributed by atoms with Gasteiger partial charge in [-0.1, -0.05) is 6.92 Å². The molecule has 2 aliphatic carbocycles. The minimum atomic E-state index is -0.944. The van der Waals surface area contributed by atoms with Crippen molar-refractivity contribution in [2.45, 2.75) is 70.7 Å². The molecule has 4 fully saturated rings. The topological polar surface area (TPSA) is 66.8 Å². The molecule has 0 unspecified atom stereocenters. The second kappa shape index (κ2) is 4.82. The van der Waals surface area contributed by atoms with E-state index in [1.54, 1.807) is 20.8 Å². The number of likely N-dealkylation sites (N-methyl/N-ethyl adjacent to an activating group) is 1. The Kier molecular flexibility index (Phi) is 3.32. The highest BCUT2D eigenvalue weighted by atomic mass is 16.6. The van der Waals surface area contributed by atoms with Crippen LogP contribution in [-0.2, 0) is 14.3 Å². The molecule has 0 radical (unpaired) electrons. The summed E-state index contributed by atoms with van der Waals surface area (Å²) >= 11 is 0. The van der Waals surface area contributed by atoms with Gasteiger partial charge in [-0.05, 0) is 57.9 Å². The third-order valence-electron chi connectivity index (χ3n) is 7.77. The summed E-state index contributed by atoms with van der Waals surface area (Å²) in [6, 6.07) is 0.321. The summed E-state index contributed by atoms with van der Waals surface area (Å²) in [5, 5.41) is 10.8. The van der Waals surface area contributed by atoms with Crippen LogP contribution in [0.2, 0.25) is 0 Å². The number of hydrogen-bond donors (Lipinski definition) is 1. The zero-order valence-corrected chi connectivity index (χ0v) is 15.3. The molecule has 2 bridgehead atoms. The van der Waals surface area contributed by atoms with Gasteiger partial charge in [0.15, 0.2) is 0 Å². The number of fused-ring (bicyclic) bond motifs is 4. The van der Waals surface area contributed by atoms with Gasteiger partial charge in [-0.25, -0.2) is 0 Å². The average Bonchev–Trinajstić information content (AvgIpc) is 2.98. The molecule has 0 aromatic heterocycles. The van der Waals surface area contributed by atoms with E-state index in [1.165, 1.54) is 0 Å². The number of ketones is 1. The molecule has 2 aliphatic heterocycles. The molecule has 134 valence electrons. The van der Waals surface area contributed by atoms with Crippen LogP contribution in [0.1, 0.15) is 47.0 Å². The molecule has 8 atom stereocenters. The molecule has 24 heavy (non-hydrogen) atoms. The van der Waals surface area contributed by atoms with Crippen LogP contribution in [-0.4, -0.2) is 52.6 Å². The maximum absolute atomic E-state index is 12.6. The maximum Gasteiger partial charge on any atom is 0.310 e. The fourth-order valence-corrected chi connectivity index (χ4v) is 7.12. The first-order valence-corrected chi connectivity index (χ1v) is 9.22. The number of carbonyl (C=O) groups excluding carboxylic acids is 2. The van der Waals surface area contributed by atoms with Crippen molar-refractivity contribution in [3.8, 4) is 0 Å². The molecule has 0 spiro atoms. The lowest BCUT2D eigenvalue weighted by Crippen LogP contribution is -2.60. The van der Waals surface area contributed by atoms with Gasteiger partial charge in [-0.2, -0.15) is 0 Å². The number of Topliss-reactive ketones (excluding diaryl/α,β-unsaturated/α-hetero) is 1. The lowest BCUT2D eigenvalue weighted by molar-refractivity contribution is -0.145. The van der Waals surface area contributed by atoms with Gasteiger partial charge >= 0.3 is 5.97 Å². The standard InChI is InChI=1S/C19H29NO4/c1-9(21)8-12-10-6-7-11-13-14(18(2,3)23)15(24-17(13)22)16(20(12)5)19(10,11)4/h10-16,23H,6-8H2,1-5H3/t10-,11+,12-,13-,14+,15-,16-,19+/m1/s1. The third kappa shape index (κ3) is 1.83. The van der Waals surface area contributed by atoms with Crippen molar-refractivity contribution in [1.82, 2.24) is 4.90 Å². The van der Waals surface area contributed by atoms with Gasteiger partial charge in [0.2, 0.25) is 0 Å².